The maximum absolute atomic E-state index is 14.6. The number of carbonyl (C=O) groups excluding carboxylic acids is 1. The Labute approximate surface area is 454 Å². The van der Waals surface area contributed by atoms with Gasteiger partial charge in [-0.25, -0.2) is 30.0 Å². The van der Waals surface area contributed by atoms with Gasteiger partial charge in [-0.1, -0.05) is 61.4 Å². The Morgan fingerprint density at radius 1 is 0.868 bits per heavy atom. The highest BCUT2D eigenvalue weighted by Crippen LogP contribution is 2.45. The zero-order valence-electron chi connectivity index (χ0n) is 42.8. The molecule has 16 nitrogen and oxygen atoms in total. The van der Waals surface area contributed by atoms with Gasteiger partial charge in [0.1, 0.15) is 11.2 Å². The van der Waals surface area contributed by atoms with E-state index in [-0.39, 0.29) is 48.7 Å². The van der Waals surface area contributed by atoms with Crippen molar-refractivity contribution in [1.29, 1.82) is 0 Å². The molecule has 1 amide bonds. The number of halogens is 4. The van der Waals surface area contributed by atoms with E-state index in [0.717, 1.165) is 50.7 Å². The van der Waals surface area contributed by atoms with Crippen LogP contribution in [0, 0.1) is 5.41 Å². The van der Waals surface area contributed by atoms with Gasteiger partial charge in [0.15, 0.2) is 0 Å². The summed E-state index contributed by atoms with van der Waals surface area (Å²) in [4.78, 5) is 30.0. The van der Waals surface area contributed by atoms with Gasteiger partial charge in [-0.05, 0) is 116 Å². The number of alkyl halides is 3. The summed E-state index contributed by atoms with van der Waals surface area (Å²) in [6.07, 6.45) is 3.55. The summed E-state index contributed by atoms with van der Waals surface area (Å²) in [7, 11) is -20.0. The van der Waals surface area contributed by atoms with Gasteiger partial charge in [0.2, 0.25) is 10.0 Å². The van der Waals surface area contributed by atoms with E-state index < -0.39 is 70.4 Å². The van der Waals surface area contributed by atoms with Crippen molar-refractivity contribution in [2.24, 2.45) is 5.41 Å². The van der Waals surface area contributed by atoms with E-state index >= 15 is 0 Å². The smallest absolute Gasteiger partial charge is 0.369 e. The number of hydrogen-bond donors (Lipinski definition) is 2. The number of thioether (sulfide) groups is 1. The summed E-state index contributed by atoms with van der Waals surface area (Å²) in [5.41, 5.74) is -2.12. The number of sulfonamides is 2. The fourth-order valence-corrected chi connectivity index (χ4v) is 15.7. The minimum absolute atomic E-state index is 0.0232. The van der Waals surface area contributed by atoms with Crippen molar-refractivity contribution in [3.8, 4) is 0 Å². The molecule has 4 aromatic carbocycles. The monoisotopic (exact) mass is 1170 g/mol. The zero-order valence-corrected chi connectivity index (χ0v) is 47.7. The van der Waals surface area contributed by atoms with Crippen molar-refractivity contribution >= 4 is 83.7 Å². The lowest BCUT2D eigenvalue weighted by molar-refractivity contribution is -0.0436. The summed E-state index contributed by atoms with van der Waals surface area (Å²) in [6.45, 7) is 11.6. The maximum atomic E-state index is 14.6. The minimum atomic E-state index is -6.46. The Balaban J connectivity index is 1.07. The fourth-order valence-electron chi connectivity index (χ4n) is 9.85. The van der Waals surface area contributed by atoms with Crippen LogP contribution in [0.4, 0.5) is 24.5 Å². The Hall–Kier alpha value is -4.00. The van der Waals surface area contributed by atoms with Gasteiger partial charge in [0.05, 0.1) is 29.5 Å². The first-order chi connectivity index (χ1) is 35.6. The standard InChI is InChI=1S/C51H65ClF3N6O10PS4/c1-5-71-72(63,64)37-59-27-25-57(26-28-59)24-22-43(36-73-44-9-7-6-8-10-44)61(74(4,65)66)47-20-19-45(33-48(47)75(67,68)51(53,54)55)76(69,70)56-49(62)39-13-17-42(18-14-39)60-31-29-58(30-32-60)35-40-34-50(2,3)23-21-46(40)38-11-15-41(52)16-12-38/h6-20,33,43H,5,21-32,34-37H2,1-4H3,(H,56,62)(H,63,64)/t43-/m1/s1. The van der Waals surface area contributed by atoms with Crippen LogP contribution in [0.2, 0.25) is 5.02 Å². The molecular weight excluding hydrogens is 1110 g/mol. The molecule has 0 spiro atoms. The molecule has 0 radical (unpaired) electrons. The second-order valence-electron chi connectivity index (χ2n) is 20.0. The first-order valence-electron chi connectivity index (χ1n) is 24.8. The van der Waals surface area contributed by atoms with Crippen LogP contribution in [0.1, 0.15) is 62.4 Å². The van der Waals surface area contributed by atoms with Gasteiger partial charge in [-0.2, -0.15) is 13.2 Å². The number of allylic oxidation sites excluding steroid dienone is 1. The Kier molecular flexibility index (Phi) is 19.3. The van der Waals surface area contributed by atoms with Crippen LogP contribution in [0.5, 0.6) is 0 Å². The number of hydrogen-bond acceptors (Lipinski definition) is 14. The van der Waals surface area contributed by atoms with Crippen LogP contribution in [0.25, 0.3) is 5.57 Å². The van der Waals surface area contributed by atoms with Crippen molar-refractivity contribution < 1.29 is 57.2 Å². The highest BCUT2D eigenvalue weighted by atomic mass is 35.5. The lowest BCUT2D eigenvalue weighted by Gasteiger charge is -2.39. The van der Waals surface area contributed by atoms with Crippen LogP contribution in [-0.2, 0) is 39.0 Å². The summed E-state index contributed by atoms with van der Waals surface area (Å²) in [6, 6.07) is 23.4. The number of sulfone groups is 1. The fraction of sp³-hybridized carbons (Fsp3) is 0.471. The van der Waals surface area contributed by atoms with Crippen molar-refractivity contribution in [3.05, 3.63) is 119 Å². The van der Waals surface area contributed by atoms with Crippen LogP contribution in [0.15, 0.2) is 117 Å². The predicted molar refractivity (Wildman–Crippen MR) is 293 cm³/mol. The Morgan fingerprint density at radius 3 is 2.09 bits per heavy atom. The van der Waals surface area contributed by atoms with Crippen molar-refractivity contribution in [2.45, 2.75) is 72.7 Å². The molecule has 2 aliphatic heterocycles. The summed E-state index contributed by atoms with van der Waals surface area (Å²) in [5.74, 6) is -1.21. The number of piperazine rings is 2. The van der Waals surface area contributed by atoms with E-state index in [1.165, 1.54) is 40.6 Å². The molecule has 76 heavy (non-hydrogen) atoms. The first-order valence-corrected chi connectivity index (χ1v) is 32.7. The number of amides is 1. The highest BCUT2D eigenvalue weighted by Gasteiger charge is 2.50. The third kappa shape index (κ3) is 15.4. The van der Waals surface area contributed by atoms with E-state index in [2.05, 4.69) is 35.8 Å². The Morgan fingerprint density at radius 2 is 1.49 bits per heavy atom. The third-order valence-corrected chi connectivity index (χ3v) is 20.7. The molecule has 0 bridgehead atoms. The van der Waals surface area contributed by atoms with Gasteiger partial charge < -0.3 is 19.2 Å². The molecular formula is C51H65ClF3N6O10PS4. The molecule has 3 aliphatic rings. The van der Waals surface area contributed by atoms with Gasteiger partial charge in [-0.3, -0.25) is 23.5 Å². The summed E-state index contributed by atoms with van der Waals surface area (Å²) in [5, 5.41) is 0.691. The zero-order chi connectivity index (χ0) is 55.3. The van der Waals surface area contributed by atoms with Crippen LogP contribution >= 0.6 is 31.0 Å². The molecule has 2 N–H and O–H groups in total. The van der Waals surface area contributed by atoms with Gasteiger partial charge in [0, 0.05) is 92.4 Å². The van der Waals surface area contributed by atoms with E-state index in [9.17, 15) is 52.7 Å². The molecule has 1 aliphatic carbocycles. The van der Waals surface area contributed by atoms with Crippen molar-refractivity contribution in [2.75, 3.05) is 99.6 Å². The highest BCUT2D eigenvalue weighted by molar-refractivity contribution is 7.99. The Bertz CT molecular complexity index is 3110. The number of nitrogens with one attached hydrogen (secondary N) is 1. The molecule has 2 atom stereocenters. The lowest BCUT2D eigenvalue weighted by Crippen LogP contribution is -2.49. The van der Waals surface area contributed by atoms with E-state index in [1.54, 1.807) is 54.3 Å². The summed E-state index contributed by atoms with van der Waals surface area (Å²) >= 11 is 7.38. The normalized spacial score (nSPS) is 18.8. The quantitative estimate of drug-likeness (QED) is 0.0594. The SMILES string of the molecule is CCOP(=O)(O)CN1CCN(CC[C@H](CSc2ccccc2)N(c2ccc(S(=O)(=O)NC(=O)c3ccc(N4CCN(CC5=C(c6ccc(Cl)cc6)CCC(C)(C)C5)CC4)cc3)cc2S(=O)(=O)C(F)(F)F)S(C)(=O)=O)CC1. The van der Waals surface area contributed by atoms with Crippen LogP contribution < -0.4 is 13.9 Å². The average molecular weight is 1170 g/mol. The maximum Gasteiger partial charge on any atom is 0.501 e. The van der Waals surface area contributed by atoms with Gasteiger partial charge in [-0.15, -0.1) is 11.8 Å². The molecule has 0 aromatic heterocycles. The molecule has 2 heterocycles. The number of carbonyl (C=O) groups is 1. The predicted octanol–water partition coefficient (Wildman–Crippen LogP) is 8.65. The van der Waals surface area contributed by atoms with E-state index in [4.69, 9.17) is 16.1 Å². The number of rotatable bonds is 21. The third-order valence-electron chi connectivity index (χ3n) is 13.8. The van der Waals surface area contributed by atoms with E-state index in [0.29, 0.717) is 65.8 Å². The molecule has 25 heteroatoms. The van der Waals surface area contributed by atoms with Crippen LogP contribution in [0.3, 0.4) is 0 Å². The second kappa shape index (κ2) is 24.6. The number of anilines is 2. The molecule has 4 aromatic rings. The van der Waals surface area contributed by atoms with E-state index in [1.807, 2.05) is 21.8 Å². The van der Waals surface area contributed by atoms with Crippen LogP contribution in [-0.4, -0.2) is 153 Å². The molecule has 416 valence electrons. The first kappa shape index (κ1) is 59.7. The lowest BCUT2D eigenvalue weighted by atomic mass is 9.73. The topological polar surface area (TPSA) is 194 Å². The van der Waals surface area contributed by atoms with Gasteiger partial charge in [0.25, 0.3) is 25.8 Å². The molecule has 0 saturated carbocycles. The molecule has 2 fully saturated rings. The molecule has 1 unspecified atom stereocenters. The summed E-state index contributed by atoms with van der Waals surface area (Å²) < 4.78 is 146. The van der Waals surface area contributed by atoms with Crippen molar-refractivity contribution in [3.63, 3.8) is 0 Å². The average Bonchev–Trinajstić information content (AvgIpc) is 3.35. The number of benzene rings is 4. The minimum Gasteiger partial charge on any atom is -0.369 e. The van der Waals surface area contributed by atoms with Crippen molar-refractivity contribution in [1.82, 2.24) is 19.4 Å². The molecule has 7 rings (SSSR count). The largest absolute Gasteiger partial charge is 0.501 e. The molecule has 2 saturated heterocycles. The van der Waals surface area contributed by atoms with Gasteiger partial charge >= 0.3 is 13.1 Å². The number of nitrogens with zero attached hydrogens (tertiary/aromatic N) is 5. The second-order valence-corrected chi connectivity index (χ2v) is 28.8.